The van der Waals surface area contributed by atoms with E-state index in [1.807, 2.05) is 6.92 Å². The first kappa shape index (κ1) is 14.4. The number of hydrogen-bond donors (Lipinski definition) is 3. The van der Waals surface area contributed by atoms with Crippen LogP contribution in [0.15, 0.2) is 11.4 Å². The lowest BCUT2D eigenvalue weighted by Gasteiger charge is -2.09. The molecule has 1 atom stereocenters. The Morgan fingerprint density at radius 2 is 2.33 bits per heavy atom. The van der Waals surface area contributed by atoms with Gasteiger partial charge in [-0.3, -0.25) is 4.98 Å². The van der Waals surface area contributed by atoms with E-state index in [2.05, 4.69) is 10.1 Å². The molecule has 0 radical (unpaired) electrons. The van der Waals surface area contributed by atoms with E-state index >= 15 is 0 Å². The van der Waals surface area contributed by atoms with Crippen LogP contribution in [0.4, 0.5) is 0 Å². The lowest BCUT2D eigenvalue weighted by atomic mass is 10.1. The van der Waals surface area contributed by atoms with E-state index < -0.39 is 0 Å². The summed E-state index contributed by atoms with van der Waals surface area (Å²) in [6.45, 7) is 3.83. The number of aliphatic hydroxyl groups is 1. The van der Waals surface area contributed by atoms with Gasteiger partial charge >= 0.3 is 0 Å². The smallest absolute Gasteiger partial charge is 0.146 e. The van der Waals surface area contributed by atoms with Gasteiger partial charge in [0, 0.05) is 17.3 Å². The van der Waals surface area contributed by atoms with E-state index in [1.54, 1.807) is 6.92 Å². The second-order valence-electron chi connectivity index (χ2n) is 4.02. The zero-order chi connectivity index (χ0) is 13.5. The van der Waals surface area contributed by atoms with Crippen LogP contribution in [0, 0.1) is 6.92 Å². The van der Waals surface area contributed by atoms with E-state index in [0.29, 0.717) is 29.8 Å². The van der Waals surface area contributed by atoms with Crippen molar-refractivity contribution >= 4 is 6.21 Å². The molecule has 0 aromatic carbocycles. The Hall–Kier alpha value is -1.66. The molecule has 100 valence electrons. The lowest BCUT2D eigenvalue weighted by molar-refractivity contribution is 0.0694. The number of rotatable bonds is 6. The average molecular weight is 253 g/mol. The van der Waals surface area contributed by atoms with Crippen molar-refractivity contribution in [3.63, 3.8) is 0 Å². The van der Waals surface area contributed by atoms with Gasteiger partial charge in [-0.15, -0.1) is 0 Å². The molecule has 0 fully saturated rings. The second-order valence-corrected chi connectivity index (χ2v) is 4.02. The molecule has 1 aromatic rings. The van der Waals surface area contributed by atoms with Gasteiger partial charge in [-0.2, -0.15) is 0 Å². The highest BCUT2D eigenvalue weighted by Crippen LogP contribution is 2.21. The monoisotopic (exact) mass is 253 g/mol. The highest BCUT2D eigenvalue weighted by molar-refractivity contribution is 5.85. The highest BCUT2D eigenvalue weighted by atomic mass is 16.6. The molecule has 6 nitrogen and oxygen atoms in total. The summed E-state index contributed by atoms with van der Waals surface area (Å²) >= 11 is 0. The zero-order valence-electron chi connectivity index (χ0n) is 10.6. The maximum atomic E-state index is 9.84. The molecule has 0 spiro atoms. The van der Waals surface area contributed by atoms with Crippen LogP contribution in [0.3, 0.4) is 0 Å². The van der Waals surface area contributed by atoms with E-state index in [9.17, 15) is 5.11 Å². The van der Waals surface area contributed by atoms with Crippen LogP contribution < -0.4 is 5.73 Å². The summed E-state index contributed by atoms with van der Waals surface area (Å²) in [5, 5.41) is 22.8. The molecule has 1 aromatic heterocycles. The number of aromatic nitrogens is 1. The maximum absolute atomic E-state index is 9.84. The van der Waals surface area contributed by atoms with Crippen LogP contribution in [0.5, 0.6) is 5.75 Å². The number of pyridine rings is 1. The van der Waals surface area contributed by atoms with E-state index in [4.69, 9.17) is 15.7 Å². The number of aryl methyl sites for hydroxylation is 1. The van der Waals surface area contributed by atoms with Crippen molar-refractivity contribution in [1.82, 2.24) is 4.98 Å². The van der Waals surface area contributed by atoms with Gasteiger partial charge in [0.1, 0.15) is 11.9 Å². The average Bonchev–Trinajstić information content (AvgIpc) is 2.35. The molecule has 1 rings (SSSR count). The topological polar surface area (TPSA) is 101 Å². The minimum atomic E-state index is -0.222. The number of aliphatic hydroxyl groups excluding tert-OH is 1. The van der Waals surface area contributed by atoms with Crippen molar-refractivity contribution in [3.05, 3.63) is 23.0 Å². The first-order valence-electron chi connectivity index (χ1n) is 5.77. The molecule has 0 aliphatic carbocycles. The van der Waals surface area contributed by atoms with Gasteiger partial charge in [0.15, 0.2) is 0 Å². The van der Waals surface area contributed by atoms with Gasteiger partial charge in [-0.25, -0.2) is 0 Å². The molecule has 0 aliphatic heterocycles. The van der Waals surface area contributed by atoms with E-state index in [0.717, 1.165) is 0 Å². The molecule has 0 amide bonds. The highest BCUT2D eigenvalue weighted by Gasteiger charge is 2.09. The summed E-state index contributed by atoms with van der Waals surface area (Å²) in [4.78, 5) is 9.11. The summed E-state index contributed by atoms with van der Waals surface area (Å²) in [5.41, 5.74) is 6.78. The molecule has 1 unspecified atom stereocenters. The normalized spacial score (nSPS) is 12.9. The summed E-state index contributed by atoms with van der Waals surface area (Å²) < 4.78 is 0. The van der Waals surface area contributed by atoms with E-state index in [-0.39, 0.29) is 18.5 Å². The predicted molar refractivity (Wildman–Crippen MR) is 68.4 cm³/mol. The summed E-state index contributed by atoms with van der Waals surface area (Å²) in [6, 6.07) is 0. The van der Waals surface area contributed by atoms with Crippen LogP contribution in [-0.4, -0.2) is 34.1 Å². The second kappa shape index (κ2) is 6.93. The molecule has 0 bridgehead atoms. The van der Waals surface area contributed by atoms with E-state index in [1.165, 1.54) is 12.4 Å². The fraction of sp³-hybridized carbons (Fsp3) is 0.500. The molecule has 0 saturated carbocycles. The van der Waals surface area contributed by atoms with Gasteiger partial charge < -0.3 is 20.8 Å². The molecule has 4 N–H and O–H groups in total. The molecule has 1 heterocycles. The third-order valence-electron chi connectivity index (χ3n) is 2.52. The Morgan fingerprint density at radius 3 is 2.94 bits per heavy atom. The molecule has 0 aliphatic rings. The Bertz CT molecular complexity index is 421. The molecule has 6 heteroatoms. The Balaban J connectivity index is 2.82. The third-order valence-corrected chi connectivity index (χ3v) is 2.52. The fourth-order valence-electron chi connectivity index (χ4n) is 1.40. The summed E-state index contributed by atoms with van der Waals surface area (Å²) in [6.07, 6.45) is 3.49. The molecular weight excluding hydrogens is 234 g/mol. The SMILES string of the molecule is Cc1ncc(CO)c(/C=N/OC(C)CCN)c1O. The molecular formula is C12H19N3O3. The molecule has 18 heavy (non-hydrogen) atoms. The van der Waals surface area contributed by atoms with Crippen molar-refractivity contribution in [2.24, 2.45) is 10.9 Å². The minimum Gasteiger partial charge on any atom is -0.505 e. The molecule has 0 saturated heterocycles. The van der Waals surface area contributed by atoms with Crippen LogP contribution in [0.2, 0.25) is 0 Å². The van der Waals surface area contributed by atoms with Crippen molar-refractivity contribution in [1.29, 1.82) is 0 Å². The van der Waals surface area contributed by atoms with Crippen LogP contribution >= 0.6 is 0 Å². The first-order valence-corrected chi connectivity index (χ1v) is 5.77. The summed E-state index contributed by atoms with van der Waals surface area (Å²) in [7, 11) is 0. The van der Waals surface area contributed by atoms with Gasteiger partial charge in [0.2, 0.25) is 0 Å². The number of nitrogens with zero attached hydrogens (tertiary/aromatic N) is 2. The number of oxime groups is 1. The predicted octanol–water partition coefficient (Wildman–Crippen LogP) is 0.676. The third kappa shape index (κ3) is 3.68. The van der Waals surface area contributed by atoms with Gasteiger partial charge in [0.05, 0.1) is 18.5 Å². The van der Waals surface area contributed by atoms with Crippen molar-refractivity contribution in [2.75, 3.05) is 6.54 Å². The number of nitrogens with two attached hydrogens (primary N) is 1. The number of aromatic hydroxyl groups is 1. The summed E-state index contributed by atoms with van der Waals surface area (Å²) in [5.74, 6) is 0.000350. The maximum Gasteiger partial charge on any atom is 0.146 e. The van der Waals surface area contributed by atoms with Gasteiger partial charge in [-0.05, 0) is 26.8 Å². The van der Waals surface area contributed by atoms with Crippen LogP contribution in [-0.2, 0) is 11.4 Å². The Kier molecular flexibility index (Phi) is 5.54. The van der Waals surface area contributed by atoms with Crippen LogP contribution in [0.1, 0.15) is 30.2 Å². The van der Waals surface area contributed by atoms with Crippen LogP contribution in [0.25, 0.3) is 0 Å². The van der Waals surface area contributed by atoms with Gasteiger partial charge in [-0.1, -0.05) is 5.16 Å². The Morgan fingerprint density at radius 1 is 1.61 bits per heavy atom. The largest absolute Gasteiger partial charge is 0.505 e. The fourth-order valence-corrected chi connectivity index (χ4v) is 1.40. The van der Waals surface area contributed by atoms with Gasteiger partial charge in [0.25, 0.3) is 0 Å². The zero-order valence-corrected chi connectivity index (χ0v) is 10.6. The first-order chi connectivity index (χ1) is 8.60. The lowest BCUT2D eigenvalue weighted by Crippen LogP contribution is -2.11. The standard InChI is InChI=1S/C12H19N3O3/c1-8(3-4-13)18-15-6-11-10(7-16)5-14-9(2)12(11)17/h5-6,8,16-17H,3-4,7,13H2,1-2H3/b15-6+. The Labute approximate surface area is 106 Å². The van der Waals surface area contributed by atoms with Crippen molar-refractivity contribution < 1.29 is 15.1 Å². The minimum absolute atomic E-state index is 0.000350. The van der Waals surface area contributed by atoms with Crippen molar-refractivity contribution in [3.8, 4) is 5.75 Å². The number of hydrogen-bond acceptors (Lipinski definition) is 6. The quantitative estimate of drug-likeness (QED) is 0.511. The van der Waals surface area contributed by atoms with Crippen molar-refractivity contribution in [2.45, 2.75) is 33.0 Å².